The Morgan fingerprint density at radius 3 is 2.71 bits per heavy atom. The fourth-order valence-corrected chi connectivity index (χ4v) is 1.37. The van der Waals surface area contributed by atoms with E-state index in [-0.39, 0.29) is 5.82 Å². The monoisotopic (exact) mass is 192 g/mol. The molecule has 0 fully saturated rings. The number of anilines is 1. The fourth-order valence-electron chi connectivity index (χ4n) is 1.37. The van der Waals surface area contributed by atoms with Gasteiger partial charge < -0.3 is 9.74 Å². The molecule has 3 heteroatoms. The maximum atomic E-state index is 12.9. The number of hydrogen-bond acceptors (Lipinski definition) is 1. The third kappa shape index (κ3) is 2.46. The van der Waals surface area contributed by atoms with Crippen molar-refractivity contribution in [1.29, 1.82) is 0 Å². The number of nitrogens with zero attached hydrogens (tertiary/aromatic N) is 2. The molecule has 0 aromatic heterocycles. The minimum absolute atomic E-state index is 0.240. The van der Waals surface area contributed by atoms with Gasteiger partial charge >= 0.3 is 0 Å². The zero-order valence-electron chi connectivity index (χ0n) is 8.42. The van der Waals surface area contributed by atoms with Crippen molar-refractivity contribution < 1.29 is 4.39 Å². The maximum absolute atomic E-state index is 12.9. The van der Waals surface area contributed by atoms with Crippen LogP contribution >= 0.6 is 0 Å². The first-order chi connectivity index (χ1) is 6.65. The minimum Gasteiger partial charge on any atom is -0.377 e. The average Bonchev–Trinajstić information content (AvgIpc) is 2.14. The topological polar surface area (TPSA) is 7.60 Å². The molecule has 74 valence electrons. The Balaban J connectivity index is 2.98. The van der Waals surface area contributed by atoms with Gasteiger partial charge in [-0.2, -0.15) is 0 Å². The molecular formula is C11H13FN2. The molecule has 0 saturated carbocycles. The molecule has 0 spiro atoms. The zero-order valence-corrected chi connectivity index (χ0v) is 8.42. The van der Waals surface area contributed by atoms with Gasteiger partial charge in [-0.15, -0.1) is 0 Å². The highest BCUT2D eigenvalue weighted by Crippen LogP contribution is 2.20. The maximum Gasteiger partial charge on any atom is 0.218 e. The summed E-state index contributed by atoms with van der Waals surface area (Å²) in [5.41, 5.74) is 1.88. The highest BCUT2D eigenvalue weighted by atomic mass is 19.1. The Morgan fingerprint density at radius 2 is 2.14 bits per heavy atom. The normalized spacial score (nSPS) is 9.57. The number of benzene rings is 1. The molecule has 1 aromatic rings. The van der Waals surface area contributed by atoms with Gasteiger partial charge in [0, 0.05) is 26.2 Å². The molecule has 0 bridgehead atoms. The predicted octanol–water partition coefficient (Wildman–Crippen LogP) is 2.35. The lowest BCUT2D eigenvalue weighted by Crippen LogP contribution is -2.11. The SMILES string of the molecule is [C-]#[N+]CCc1cc(F)ccc1N(C)C. The summed E-state index contributed by atoms with van der Waals surface area (Å²) in [6.07, 6.45) is 0.606. The molecule has 2 nitrogen and oxygen atoms in total. The van der Waals surface area contributed by atoms with Crippen molar-refractivity contribution in [1.82, 2.24) is 0 Å². The van der Waals surface area contributed by atoms with Crippen LogP contribution in [-0.4, -0.2) is 20.6 Å². The van der Waals surface area contributed by atoms with Crippen LogP contribution in [0.2, 0.25) is 0 Å². The first-order valence-electron chi connectivity index (χ1n) is 4.44. The van der Waals surface area contributed by atoms with E-state index in [1.54, 1.807) is 6.07 Å². The van der Waals surface area contributed by atoms with Crippen LogP contribution in [0.5, 0.6) is 0 Å². The van der Waals surface area contributed by atoms with Gasteiger partial charge in [0.25, 0.3) is 0 Å². The quantitative estimate of drug-likeness (QED) is 0.667. The lowest BCUT2D eigenvalue weighted by molar-refractivity contribution is 0.625. The van der Waals surface area contributed by atoms with Gasteiger partial charge in [0.05, 0.1) is 0 Å². The van der Waals surface area contributed by atoms with Gasteiger partial charge in [-0.25, -0.2) is 11.0 Å². The third-order valence-corrected chi connectivity index (χ3v) is 2.02. The van der Waals surface area contributed by atoms with E-state index in [9.17, 15) is 4.39 Å². The molecule has 0 unspecified atom stereocenters. The van der Waals surface area contributed by atoms with Crippen molar-refractivity contribution in [3.8, 4) is 0 Å². The summed E-state index contributed by atoms with van der Waals surface area (Å²) in [6, 6.07) is 4.69. The Labute approximate surface area is 83.8 Å². The molecule has 0 heterocycles. The molecule has 1 aromatic carbocycles. The summed E-state index contributed by atoms with van der Waals surface area (Å²) in [6.45, 7) is 7.11. The second-order valence-corrected chi connectivity index (χ2v) is 3.30. The van der Waals surface area contributed by atoms with Gasteiger partial charge in [-0.1, -0.05) is 0 Å². The van der Waals surface area contributed by atoms with Gasteiger partial charge in [-0.3, -0.25) is 0 Å². The van der Waals surface area contributed by atoms with Crippen molar-refractivity contribution in [2.24, 2.45) is 0 Å². The van der Waals surface area contributed by atoms with Crippen LogP contribution in [0, 0.1) is 12.4 Å². The Bertz CT molecular complexity index is 353. The Morgan fingerprint density at radius 1 is 1.43 bits per heavy atom. The number of rotatable bonds is 3. The largest absolute Gasteiger partial charge is 0.377 e. The smallest absolute Gasteiger partial charge is 0.218 e. The Kier molecular flexibility index (Phi) is 3.47. The summed E-state index contributed by atoms with van der Waals surface area (Å²) in [7, 11) is 3.82. The first-order valence-corrected chi connectivity index (χ1v) is 4.44. The van der Waals surface area contributed by atoms with Gasteiger partial charge in [-0.05, 0) is 23.8 Å². The standard InChI is InChI=1S/C11H13FN2/c1-13-7-6-9-8-10(12)4-5-11(9)14(2)3/h4-5,8H,6-7H2,2-3H3. The predicted molar refractivity (Wildman–Crippen MR) is 55.9 cm³/mol. The van der Waals surface area contributed by atoms with E-state index < -0.39 is 0 Å². The van der Waals surface area contributed by atoms with E-state index in [2.05, 4.69) is 4.85 Å². The van der Waals surface area contributed by atoms with Crippen molar-refractivity contribution in [2.75, 3.05) is 25.5 Å². The lowest BCUT2D eigenvalue weighted by atomic mass is 10.1. The van der Waals surface area contributed by atoms with Crippen LogP contribution in [0.4, 0.5) is 10.1 Å². The minimum atomic E-state index is -0.240. The lowest BCUT2D eigenvalue weighted by Gasteiger charge is -2.16. The molecule has 0 aliphatic carbocycles. The summed E-state index contributed by atoms with van der Waals surface area (Å²) < 4.78 is 12.9. The van der Waals surface area contributed by atoms with E-state index in [4.69, 9.17) is 6.57 Å². The highest BCUT2D eigenvalue weighted by molar-refractivity contribution is 5.52. The van der Waals surface area contributed by atoms with Crippen LogP contribution < -0.4 is 4.90 Å². The average molecular weight is 192 g/mol. The molecule has 0 aliphatic heterocycles. The molecule has 0 amide bonds. The van der Waals surface area contributed by atoms with Gasteiger partial charge in [0.15, 0.2) is 0 Å². The molecule has 0 saturated heterocycles. The summed E-state index contributed by atoms with van der Waals surface area (Å²) in [5.74, 6) is -0.240. The number of hydrogen-bond donors (Lipinski definition) is 0. The van der Waals surface area contributed by atoms with Crippen LogP contribution in [0.25, 0.3) is 4.85 Å². The molecular weight excluding hydrogens is 179 g/mol. The van der Waals surface area contributed by atoms with E-state index in [1.807, 2.05) is 19.0 Å². The zero-order chi connectivity index (χ0) is 10.6. The molecule has 0 radical (unpaired) electrons. The second-order valence-electron chi connectivity index (χ2n) is 3.30. The summed E-state index contributed by atoms with van der Waals surface area (Å²) >= 11 is 0. The van der Waals surface area contributed by atoms with Crippen LogP contribution in [0.1, 0.15) is 5.56 Å². The molecule has 0 N–H and O–H groups in total. The Hall–Kier alpha value is -1.56. The first kappa shape index (κ1) is 10.5. The van der Waals surface area contributed by atoms with E-state index in [0.717, 1.165) is 11.3 Å². The molecule has 1 rings (SSSR count). The summed E-state index contributed by atoms with van der Waals surface area (Å²) in [5, 5.41) is 0. The van der Waals surface area contributed by atoms with E-state index >= 15 is 0 Å². The van der Waals surface area contributed by atoms with Crippen LogP contribution in [-0.2, 0) is 6.42 Å². The van der Waals surface area contributed by atoms with Crippen molar-refractivity contribution in [2.45, 2.75) is 6.42 Å². The molecule has 14 heavy (non-hydrogen) atoms. The van der Waals surface area contributed by atoms with E-state index in [0.29, 0.717) is 13.0 Å². The summed E-state index contributed by atoms with van der Waals surface area (Å²) in [4.78, 5) is 5.20. The van der Waals surface area contributed by atoms with Crippen molar-refractivity contribution in [3.63, 3.8) is 0 Å². The van der Waals surface area contributed by atoms with Crippen molar-refractivity contribution >= 4 is 5.69 Å². The van der Waals surface area contributed by atoms with Crippen LogP contribution in [0.15, 0.2) is 18.2 Å². The highest BCUT2D eigenvalue weighted by Gasteiger charge is 2.06. The third-order valence-electron chi connectivity index (χ3n) is 2.02. The van der Waals surface area contributed by atoms with Gasteiger partial charge in [0.1, 0.15) is 5.82 Å². The molecule has 0 atom stereocenters. The van der Waals surface area contributed by atoms with Gasteiger partial charge in [0.2, 0.25) is 6.54 Å². The number of halogens is 1. The molecule has 0 aliphatic rings. The van der Waals surface area contributed by atoms with E-state index in [1.165, 1.54) is 12.1 Å². The second kappa shape index (κ2) is 4.61. The fraction of sp³-hybridized carbons (Fsp3) is 0.364. The van der Waals surface area contributed by atoms with Crippen LogP contribution in [0.3, 0.4) is 0 Å². The van der Waals surface area contributed by atoms with Crippen molar-refractivity contribution in [3.05, 3.63) is 41.0 Å².